The van der Waals surface area contributed by atoms with Gasteiger partial charge in [0.15, 0.2) is 0 Å². The van der Waals surface area contributed by atoms with Crippen LogP contribution in [-0.4, -0.2) is 31.9 Å². The number of aliphatic hydroxyl groups excluding tert-OH is 1. The third-order valence-corrected chi connectivity index (χ3v) is 7.55. The smallest absolute Gasteiger partial charge is 0.204 e. The van der Waals surface area contributed by atoms with Crippen molar-refractivity contribution in [3.63, 3.8) is 0 Å². The van der Waals surface area contributed by atoms with Crippen molar-refractivity contribution in [1.29, 1.82) is 0 Å². The predicted octanol–water partition coefficient (Wildman–Crippen LogP) is 6.16. The van der Waals surface area contributed by atoms with Crippen LogP contribution in [0.3, 0.4) is 0 Å². The normalized spacial score (nSPS) is 16.5. The molecule has 1 aliphatic carbocycles. The van der Waals surface area contributed by atoms with Crippen LogP contribution in [0.1, 0.15) is 52.5 Å². The van der Waals surface area contributed by atoms with E-state index >= 15 is 0 Å². The number of aliphatic hydroxyl groups is 1. The molecule has 1 unspecified atom stereocenters. The Morgan fingerprint density at radius 3 is 2.38 bits per heavy atom. The van der Waals surface area contributed by atoms with E-state index in [9.17, 15) is 0 Å². The highest BCUT2D eigenvalue weighted by Crippen LogP contribution is 2.47. The van der Waals surface area contributed by atoms with Crippen LogP contribution in [0.25, 0.3) is 11.4 Å². The molecule has 0 fully saturated rings. The minimum Gasteiger partial charge on any atom is -0.489 e. The van der Waals surface area contributed by atoms with E-state index in [0.717, 1.165) is 24.2 Å². The molecule has 0 bridgehead atoms. The van der Waals surface area contributed by atoms with Gasteiger partial charge in [0.05, 0.1) is 6.54 Å². The van der Waals surface area contributed by atoms with Crippen molar-refractivity contribution in [1.82, 2.24) is 20.2 Å². The average molecular weight is 517 g/mol. The van der Waals surface area contributed by atoms with Crippen molar-refractivity contribution < 1.29 is 9.84 Å². The first-order chi connectivity index (χ1) is 19.3. The molecule has 6 heteroatoms. The molecule has 196 valence electrons. The number of ether oxygens (including phenoxy) is 1. The molecule has 0 saturated heterocycles. The zero-order valence-corrected chi connectivity index (χ0v) is 21.9. The summed E-state index contributed by atoms with van der Waals surface area (Å²) in [6.07, 6.45) is 2.70. The number of rotatable bonds is 9. The summed E-state index contributed by atoms with van der Waals surface area (Å²) in [7, 11) is 0. The highest BCUT2D eigenvalue weighted by atomic mass is 16.5. The van der Waals surface area contributed by atoms with Crippen molar-refractivity contribution in [2.45, 2.75) is 44.2 Å². The molecule has 5 aromatic rings. The largest absolute Gasteiger partial charge is 0.489 e. The predicted molar refractivity (Wildman–Crippen MR) is 152 cm³/mol. The molecule has 0 amide bonds. The van der Waals surface area contributed by atoms with Crippen molar-refractivity contribution in [3.05, 3.63) is 131 Å². The van der Waals surface area contributed by atoms with Gasteiger partial charge in [-0.15, -0.1) is 10.2 Å². The van der Waals surface area contributed by atoms with E-state index in [2.05, 4.69) is 100 Å². The third-order valence-electron chi connectivity index (χ3n) is 7.55. The van der Waals surface area contributed by atoms with Crippen molar-refractivity contribution in [2.24, 2.45) is 0 Å². The zero-order valence-electron chi connectivity index (χ0n) is 21.9. The van der Waals surface area contributed by atoms with Crippen LogP contribution in [-0.2, 0) is 19.6 Å². The first-order valence-electron chi connectivity index (χ1n) is 13.6. The highest BCUT2D eigenvalue weighted by Gasteiger charge is 2.32. The topological polar surface area (TPSA) is 73.1 Å². The fourth-order valence-electron chi connectivity index (χ4n) is 5.60. The van der Waals surface area contributed by atoms with Crippen LogP contribution in [0.15, 0.2) is 103 Å². The second-order valence-electron chi connectivity index (χ2n) is 10.1. The van der Waals surface area contributed by atoms with E-state index in [1.807, 2.05) is 18.2 Å². The Morgan fingerprint density at radius 2 is 1.62 bits per heavy atom. The third kappa shape index (κ3) is 5.61. The lowest BCUT2D eigenvalue weighted by molar-refractivity contribution is 0.272. The number of fused-ring (bicyclic) bond motifs is 1. The summed E-state index contributed by atoms with van der Waals surface area (Å²) in [5, 5.41) is 21.9. The van der Waals surface area contributed by atoms with Crippen molar-refractivity contribution >= 4 is 0 Å². The van der Waals surface area contributed by atoms with E-state index < -0.39 is 0 Å². The minimum atomic E-state index is 0.109. The van der Waals surface area contributed by atoms with Crippen LogP contribution in [0.4, 0.5) is 0 Å². The van der Waals surface area contributed by atoms with Gasteiger partial charge in [0.1, 0.15) is 12.4 Å². The number of hydrogen-bond acceptors (Lipinski definition) is 5. The molecule has 4 aromatic carbocycles. The summed E-state index contributed by atoms with van der Waals surface area (Å²) in [4.78, 5) is 1.54. The van der Waals surface area contributed by atoms with Gasteiger partial charge in [0.25, 0.3) is 0 Å². The number of benzene rings is 4. The Hall–Kier alpha value is -4.29. The van der Waals surface area contributed by atoms with Crippen molar-refractivity contribution in [3.8, 4) is 17.1 Å². The lowest BCUT2D eigenvalue weighted by atomic mass is 9.69. The van der Waals surface area contributed by atoms with E-state index in [-0.39, 0.29) is 12.5 Å². The molecule has 0 radical (unpaired) electrons. The number of nitrogens with zero attached hydrogens (tertiary/aromatic N) is 4. The number of tetrazole rings is 1. The fraction of sp³-hybridized carbons (Fsp3) is 0.242. The van der Waals surface area contributed by atoms with Crippen molar-refractivity contribution in [2.75, 3.05) is 6.61 Å². The van der Waals surface area contributed by atoms with Gasteiger partial charge in [-0.3, -0.25) is 0 Å². The second kappa shape index (κ2) is 11.6. The molecule has 1 N–H and O–H groups in total. The first kappa shape index (κ1) is 25.0. The second-order valence-corrected chi connectivity index (χ2v) is 10.1. The summed E-state index contributed by atoms with van der Waals surface area (Å²) in [6.45, 7) is 1.23. The molecule has 6 nitrogen and oxygen atoms in total. The van der Waals surface area contributed by atoms with Gasteiger partial charge >= 0.3 is 0 Å². The van der Waals surface area contributed by atoms with Gasteiger partial charge in [-0.05, 0) is 70.3 Å². The number of aromatic nitrogens is 4. The fourth-order valence-corrected chi connectivity index (χ4v) is 5.60. The molecule has 6 rings (SSSR count). The van der Waals surface area contributed by atoms with Crippen LogP contribution in [0, 0.1) is 0 Å². The summed E-state index contributed by atoms with van der Waals surface area (Å²) in [5.41, 5.74) is 7.47. The Kier molecular flexibility index (Phi) is 7.45. The lowest BCUT2D eigenvalue weighted by Crippen LogP contribution is -2.20. The monoisotopic (exact) mass is 516 g/mol. The maximum Gasteiger partial charge on any atom is 0.204 e. The highest BCUT2D eigenvalue weighted by molar-refractivity contribution is 5.56. The minimum absolute atomic E-state index is 0.109. The molecular weight excluding hydrogens is 484 g/mol. The zero-order chi connectivity index (χ0) is 26.4. The molecule has 1 aromatic heterocycles. The molecule has 1 heterocycles. The van der Waals surface area contributed by atoms with E-state index in [1.165, 1.54) is 27.8 Å². The van der Waals surface area contributed by atoms with Gasteiger partial charge in [-0.25, -0.2) is 0 Å². The Morgan fingerprint density at radius 1 is 0.846 bits per heavy atom. The summed E-state index contributed by atoms with van der Waals surface area (Å²) < 4.78 is 6.17. The standard InChI is InChI=1S/C33H32N4O2/c38-21-7-20-37-35-33(34-36-37)27-14-12-26(13-15-27)32-30(25-10-5-2-6-11-25)18-16-28-22-29(17-19-31(28)32)39-23-24-8-3-1-4-9-24/h1-6,8-15,17,19,22,30,32,38H,7,16,18,20-21,23H2/t30-,32?/m1/s1. The van der Waals surface area contributed by atoms with E-state index in [1.54, 1.807) is 4.80 Å². The van der Waals surface area contributed by atoms with Gasteiger partial charge < -0.3 is 9.84 Å². The average Bonchev–Trinajstić information content (AvgIpc) is 3.48. The molecule has 0 aliphatic heterocycles. The van der Waals surface area contributed by atoms with E-state index in [0.29, 0.717) is 31.3 Å². The van der Waals surface area contributed by atoms with Gasteiger partial charge in [-0.2, -0.15) is 4.80 Å². The Labute approximate surface area is 228 Å². The number of hydrogen-bond donors (Lipinski definition) is 1. The maximum atomic E-state index is 9.07. The molecule has 39 heavy (non-hydrogen) atoms. The quantitative estimate of drug-likeness (QED) is 0.254. The SMILES string of the molecule is OCCCn1nnc(-c2ccc(C3c4ccc(OCc5ccccc5)cc4CC[C@@H]3c3ccccc3)cc2)n1. The number of aryl methyl sites for hydroxylation is 2. The van der Waals surface area contributed by atoms with E-state index in [4.69, 9.17) is 9.84 Å². The summed E-state index contributed by atoms with van der Waals surface area (Å²) in [5.74, 6) is 2.14. The molecule has 1 aliphatic rings. The van der Waals surface area contributed by atoms with Crippen LogP contribution < -0.4 is 4.74 Å². The summed E-state index contributed by atoms with van der Waals surface area (Å²) >= 11 is 0. The van der Waals surface area contributed by atoms with Crippen LogP contribution in [0.2, 0.25) is 0 Å². The summed E-state index contributed by atoms with van der Waals surface area (Å²) in [6, 6.07) is 36.4. The first-order valence-corrected chi connectivity index (χ1v) is 13.6. The van der Waals surface area contributed by atoms with Crippen LogP contribution in [0.5, 0.6) is 5.75 Å². The Balaban J connectivity index is 1.29. The van der Waals surface area contributed by atoms with Crippen LogP contribution >= 0.6 is 0 Å². The Bertz CT molecular complexity index is 1500. The molecular formula is C33H32N4O2. The van der Waals surface area contributed by atoms with Gasteiger partial charge in [-0.1, -0.05) is 91.0 Å². The lowest BCUT2D eigenvalue weighted by Gasteiger charge is -2.35. The van der Waals surface area contributed by atoms with Gasteiger partial charge in [0.2, 0.25) is 5.82 Å². The maximum absolute atomic E-state index is 9.07. The van der Waals surface area contributed by atoms with Gasteiger partial charge in [0, 0.05) is 18.1 Å². The molecule has 0 saturated carbocycles. The molecule has 0 spiro atoms. The molecule has 2 atom stereocenters.